The summed E-state index contributed by atoms with van der Waals surface area (Å²) in [5.41, 5.74) is 0.130. The van der Waals surface area contributed by atoms with E-state index < -0.39 is 36.0 Å². The molecule has 0 unspecified atom stereocenters. The van der Waals surface area contributed by atoms with Crippen LogP contribution >= 0.6 is 23.2 Å². The van der Waals surface area contributed by atoms with E-state index in [1.807, 2.05) is 0 Å². The first kappa shape index (κ1) is 16.3. The highest BCUT2D eigenvalue weighted by atomic mass is 35.5. The molecule has 1 aromatic rings. The first-order chi connectivity index (χ1) is 10.2. The summed E-state index contributed by atoms with van der Waals surface area (Å²) in [6.45, 7) is 0.503. The standard InChI is InChI=1S/C14H11Cl2NO5/c1-6(18)11-12(8-3-2-7(15)4-9(8)16)17(5-10(19)20)14(22)13(11)21/h2-4,12,21H,5H2,1H3,(H,19,20)/t12-/m0/s1. The number of benzene rings is 1. The fourth-order valence-corrected chi connectivity index (χ4v) is 2.88. The van der Waals surface area contributed by atoms with Crippen molar-refractivity contribution in [2.75, 3.05) is 6.54 Å². The number of hydrogen-bond acceptors (Lipinski definition) is 4. The molecule has 0 bridgehead atoms. The predicted molar refractivity (Wildman–Crippen MR) is 78.9 cm³/mol. The van der Waals surface area contributed by atoms with Gasteiger partial charge in [-0.15, -0.1) is 0 Å². The molecule has 0 radical (unpaired) electrons. The molecule has 0 saturated carbocycles. The quantitative estimate of drug-likeness (QED) is 0.874. The lowest BCUT2D eigenvalue weighted by Crippen LogP contribution is -2.35. The lowest BCUT2D eigenvalue weighted by Gasteiger charge is -2.25. The van der Waals surface area contributed by atoms with Crippen molar-refractivity contribution >= 4 is 40.9 Å². The molecule has 1 amide bonds. The number of aliphatic hydroxyl groups is 1. The molecular formula is C14H11Cl2NO5. The third kappa shape index (κ3) is 2.80. The molecule has 0 saturated heterocycles. The summed E-state index contributed by atoms with van der Waals surface area (Å²) in [6.07, 6.45) is 0. The van der Waals surface area contributed by atoms with Crippen LogP contribution in [-0.4, -0.2) is 39.3 Å². The van der Waals surface area contributed by atoms with Gasteiger partial charge in [-0.1, -0.05) is 29.3 Å². The maximum Gasteiger partial charge on any atom is 0.323 e. The Hall–Kier alpha value is -2.05. The van der Waals surface area contributed by atoms with Crippen molar-refractivity contribution in [1.82, 2.24) is 4.90 Å². The number of Topliss-reactive ketones (excluding diaryl/α,β-unsaturated/α-hetero) is 1. The normalized spacial score (nSPS) is 18.0. The molecular weight excluding hydrogens is 333 g/mol. The van der Waals surface area contributed by atoms with Gasteiger partial charge < -0.3 is 15.1 Å². The summed E-state index contributed by atoms with van der Waals surface area (Å²) in [5.74, 6) is -3.51. The maximum atomic E-state index is 12.1. The van der Waals surface area contributed by atoms with Gasteiger partial charge in [0.15, 0.2) is 11.5 Å². The van der Waals surface area contributed by atoms with E-state index in [1.165, 1.54) is 25.1 Å². The molecule has 1 heterocycles. The van der Waals surface area contributed by atoms with E-state index in [0.29, 0.717) is 10.6 Å². The lowest BCUT2D eigenvalue weighted by molar-refractivity contribution is -0.144. The number of carboxylic acid groups (broad SMARTS) is 1. The number of carbonyl (C=O) groups is 3. The highest BCUT2D eigenvalue weighted by Crippen LogP contribution is 2.40. The van der Waals surface area contributed by atoms with Crippen LogP contribution in [0.15, 0.2) is 29.5 Å². The van der Waals surface area contributed by atoms with Crippen LogP contribution < -0.4 is 0 Å². The Morgan fingerprint density at radius 2 is 1.95 bits per heavy atom. The second-order valence-electron chi connectivity index (χ2n) is 4.71. The number of aliphatic carboxylic acids is 1. The van der Waals surface area contributed by atoms with Crippen molar-refractivity contribution in [2.24, 2.45) is 0 Å². The number of aliphatic hydroxyl groups excluding tert-OH is 1. The van der Waals surface area contributed by atoms with Gasteiger partial charge >= 0.3 is 5.97 Å². The number of carboxylic acids is 1. The van der Waals surface area contributed by atoms with Gasteiger partial charge in [-0.2, -0.15) is 0 Å². The topological polar surface area (TPSA) is 94.9 Å². The summed E-state index contributed by atoms with van der Waals surface area (Å²) in [5, 5.41) is 19.4. The Bertz CT molecular complexity index is 713. The van der Waals surface area contributed by atoms with Gasteiger partial charge in [-0.25, -0.2) is 0 Å². The maximum absolute atomic E-state index is 12.1. The van der Waals surface area contributed by atoms with Crippen LogP contribution in [-0.2, 0) is 14.4 Å². The third-order valence-electron chi connectivity index (χ3n) is 3.25. The largest absolute Gasteiger partial charge is 0.503 e. The Kier molecular flexibility index (Phi) is 4.44. The molecule has 8 heteroatoms. The van der Waals surface area contributed by atoms with Crippen molar-refractivity contribution in [3.8, 4) is 0 Å². The second kappa shape index (κ2) is 5.98. The smallest absolute Gasteiger partial charge is 0.323 e. The molecule has 1 aliphatic rings. The van der Waals surface area contributed by atoms with Crippen LogP contribution in [0.3, 0.4) is 0 Å². The van der Waals surface area contributed by atoms with E-state index in [-0.39, 0.29) is 10.6 Å². The zero-order valence-electron chi connectivity index (χ0n) is 11.3. The Morgan fingerprint density at radius 3 is 2.45 bits per heavy atom. The van der Waals surface area contributed by atoms with Gasteiger partial charge in [-0.3, -0.25) is 14.4 Å². The van der Waals surface area contributed by atoms with Gasteiger partial charge in [0, 0.05) is 10.0 Å². The molecule has 0 aromatic heterocycles. The minimum Gasteiger partial charge on any atom is -0.503 e. The van der Waals surface area contributed by atoms with Crippen LogP contribution in [0.2, 0.25) is 10.0 Å². The molecule has 0 aliphatic carbocycles. The first-order valence-electron chi connectivity index (χ1n) is 6.15. The molecule has 6 nitrogen and oxygen atoms in total. The summed E-state index contributed by atoms with van der Waals surface area (Å²) in [4.78, 5) is 35.7. The summed E-state index contributed by atoms with van der Waals surface area (Å²) < 4.78 is 0. The third-order valence-corrected chi connectivity index (χ3v) is 3.81. The average molecular weight is 344 g/mol. The molecule has 2 N–H and O–H groups in total. The molecule has 22 heavy (non-hydrogen) atoms. The van der Waals surface area contributed by atoms with Crippen LogP contribution in [0.4, 0.5) is 0 Å². The van der Waals surface area contributed by atoms with Gasteiger partial charge in [0.2, 0.25) is 0 Å². The highest BCUT2D eigenvalue weighted by Gasteiger charge is 2.43. The summed E-state index contributed by atoms with van der Waals surface area (Å²) in [6, 6.07) is 3.33. The molecule has 1 aliphatic heterocycles. The minimum absolute atomic E-state index is 0.161. The zero-order valence-corrected chi connectivity index (χ0v) is 12.9. The van der Waals surface area contributed by atoms with Crippen LogP contribution in [0, 0.1) is 0 Å². The van der Waals surface area contributed by atoms with E-state index >= 15 is 0 Å². The Labute approximate surface area is 135 Å². The monoisotopic (exact) mass is 343 g/mol. The fourth-order valence-electron chi connectivity index (χ4n) is 2.37. The van der Waals surface area contributed by atoms with E-state index in [9.17, 15) is 19.5 Å². The Morgan fingerprint density at radius 1 is 1.32 bits per heavy atom. The molecule has 116 valence electrons. The first-order valence-corrected chi connectivity index (χ1v) is 6.91. The predicted octanol–water partition coefficient (Wildman–Crippen LogP) is 2.36. The number of carbonyl (C=O) groups excluding carboxylic acids is 2. The zero-order chi connectivity index (χ0) is 16.6. The average Bonchev–Trinajstić information content (AvgIpc) is 2.63. The van der Waals surface area contributed by atoms with Gasteiger partial charge in [-0.05, 0) is 24.6 Å². The van der Waals surface area contributed by atoms with Crippen molar-refractivity contribution in [3.63, 3.8) is 0 Å². The van der Waals surface area contributed by atoms with E-state index in [2.05, 4.69) is 0 Å². The van der Waals surface area contributed by atoms with E-state index in [4.69, 9.17) is 28.3 Å². The number of nitrogens with zero attached hydrogens (tertiary/aromatic N) is 1. The van der Waals surface area contributed by atoms with Crippen LogP contribution in [0.25, 0.3) is 0 Å². The van der Waals surface area contributed by atoms with E-state index in [0.717, 1.165) is 4.90 Å². The minimum atomic E-state index is -1.28. The lowest BCUT2D eigenvalue weighted by atomic mass is 9.96. The van der Waals surface area contributed by atoms with Crippen LogP contribution in [0.1, 0.15) is 18.5 Å². The van der Waals surface area contributed by atoms with Gasteiger partial charge in [0.1, 0.15) is 6.54 Å². The number of rotatable bonds is 4. The summed E-state index contributed by atoms with van der Waals surface area (Å²) in [7, 11) is 0. The fraction of sp³-hybridized carbons (Fsp3) is 0.214. The van der Waals surface area contributed by atoms with Gasteiger partial charge in [0.25, 0.3) is 5.91 Å². The van der Waals surface area contributed by atoms with Crippen molar-refractivity contribution < 1.29 is 24.6 Å². The molecule has 1 aromatic carbocycles. The number of ketones is 1. The highest BCUT2D eigenvalue weighted by molar-refractivity contribution is 6.35. The number of hydrogen-bond donors (Lipinski definition) is 2. The number of halogens is 2. The summed E-state index contributed by atoms with van der Waals surface area (Å²) >= 11 is 11.9. The molecule has 1 atom stereocenters. The molecule has 2 rings (SSSR count). The SMILES string of the molecule is CC(=O)C1=C(O)C(=O)N(CC(=O)O)[C@H]1c1ccc(Cl)cc1Cl. The van der Waals surface area contributed by atoms with Gasteiger partial charge in [0.05, 0.1) is 11.6 Å². The molecule has 0 fully saturated rings. The van der Waals surface area contributed by atoms with Crippen LogP contribution in [0.5, 0.6) is 0 Å². The van der Waals surface area contributed by atoms with Crippen molar-refractivity contribution in [3.05, 3.63) is 45.1 Å². The molecule has 0 spiro atoms. The van der Waals surface area contributed by atoms with Crippen molar-refractivity contribution in [1.29, 1.82) is 0 Å². The Balaban J connectivity index is 2.61. The van der Waals surface area contributed by atoms with Crippen molar-refractivity contribution in [2.45, 2.75) is 13.0 Å². The number of amides is 1. The second-order valence-corrected chi connectivity index (χ2v) is 5.56. The van der Waals surface area contributed by atoms with E-state index in [1.54, 1.807) is 0 Å².